The lowest BCUT2D eigenvalue weighted by Gasteiger charge is -2.34. The number of rotatable bonds is 5. The summed E-state index contributed by atoms with van der Waals surface area (Å²) in [6.07, 6.45) is 6.37. The van der Waals surface area contributed by atoms with Gasteiger partial charge >= 0.3 is 0 Å². The van der Waals surface area contributed by atoms with Gasteiger partial charge in [-0.2, -0.15) is 0 Å². The number of nitrogens with zero attached hydrogens (tertiary/aromatic N) is 1. The second-order valence-electron chi connectivity index (χ2n) is 5.66. The van der Waals surface area contributed by atoms with Crippen molar-refractivity contribution in [3.05, 3.63) is 28.3 Å². The van der Waals surface area contributed by atoms with Crippen LogP contribution in [0.4, 0.5) is 5.69 Å². The highest BCUT2D eigenvalue weighted by molar-refractivity contribution is 6.67. The lowest BCUT2D eigenvalue weighted by molar-refractivity contribution is 0.108. The molecule has 0 unspecified atom stereocenters. The molecule has 0 radical (unpaired) electrons. The van der Waals surface area contributed by atoms with Crippen molar-refractivity contribution in [2.75, 3.05) is 12.3 Å². The summed E-state index contributed by atoms with van der Waals surface area (Å²) < 4.78 is 0. The molecule has 1 saturated carbocycles. The number of anilines is 1. The molecule has 1 aliphatic rings. The molecular formula is C16H22Cl2N2O. The summed E-state index contributed by atoms with van der Waals surface area (Å²) in [6, 6.07) is 3.89. The Morgan fingerprint density at radius 2 is 2.00 bits per heavy atom. The summed E-state index contributed by atoms with van der Waals surface area (Å²) in [5.41, 5.74) is 7.92. The minimum atomic E-state index is -0.501. The first-order valence-electron chi connectivity index (χ1n) is 7.54. The number of hydrogen-bond donors (Lipinski definition) is 1. The van der Waals surface area contributed by atoms with Crippen LogP contribution in [-0.4, -0.2) is 22.7 Å². The summed E-state index contributed by atoms with van der Waals surface area (Å²) in [6.45, 7) is 3.83. The van der Waals surface area contributed by atoms with E-state index in [9.17, 15) is 4.79 Å². The van der Waals surface area contributed by atoms with E-state index in [-0.39, 0.29) is 0 Å². The van der Waals surface area contributed by atoms with Crippen LogP contribution in [0.1, 0.15) is 54.9 Å². The Bertz CT molecular complexity index is 513. The zero-order valence-electron chi connectivity index (χ0n) is 12.4. The fraction of sp³-hybridized carbons (Fsp3) is 0.562. The first-order chi connectivity index (χ1) is 10.0. The third-order valence-corrected chi connectivity index (χ3v) is 4.84. The lowest BCUT2D eigenvalue weighted by Crippen LogP contribution is -2.36. The summed E-state index contributed by atoms with van der Waals surface area (Å²) in [7, 11) is 0. The molecule has 21 heavy (non-hydrogen) atoms. The monoisotopic (exact) mass is 328 g/mol. The molecule has 0 spiro atoms. The molecule has 0 saturated heterocycles. The zero-order chi connectivity index (χ0) is 15.4. The third kappa shape index (κ3) is 4.12. The maximum atomic E-state index is 11.4. The van der Waals surface area contributed by atoms with Crippen molar-refractivity contribution in [2.45, 2.75) is 51.6 Å². The van der Waals surface area contributed by atoms with Gasteiger partial charge in [0, 0.05) is 18.2 Å². The van der Waals surface area contributed by atoms with Crippen molar-refractivity contribution in [2.24, 2.45) is 0 Å². The minimum absolute atomic E-state index is 0.399. The average molecular weight is 329 g/mol. The van der Waals surface area contributed by atoms with Crippen LogP contribution in [0.15, 0.2) is 12.1 Å². The zero-order valence-corrected chi connectivity index (χ0v) is 13.9. The standard InChI is InChI=1S/C16H22Cl2N2O/c1-2-20(13-6-4-3-5-7-13)10-12-8-11(16(18)21)9-14(17)15(12)19/h8-9,13H,2-7,10,19H2,1H3. The van der Waals surface area contributed by atoms with Crippen LogP contribution in [-0.2, 0) is 6.54 Å². The van der Waals surface area contributed by atoms with Gasteiger partial charge in [0.1, 0.15) is 0 Å². The van der Waals surface area contributed by atoms with Crippen LogP contribution in [0.5, 0.6) is 0 Å². The summed E-state index contributed by atoms with van der Waals surface area (Å²) in [5.74, 6) is 0. The van der Waals surface area contributed by atoms with E-state index in [1.807, 2.05) is 0 Å². The largest absolute Gasteiger partial charge is 0.397 e. The van der Waals surface area contributed by atoms with Gasteiger partial charge in [0.25, 0.3) is 5.24 Å². The van der Waals surface area contributed by atoms with Crippen molar-refractivity contribution < 1.29 is 4.79 Å². The third-order valence-electron chi connectivity index (χ3n) is 4.31. The fourth-order valence-electron chi connectivity index (χ4n) is 3.08. The topological polar surface area (TPSA) is 46.3 Å². The molecule has 1 aromatic carbocycles. The van der Waals surface area contributed by atoms with Crippen molar-refractivity contribution in [3.63, 3.8) is 0 Å². The summed E-state index contributed by atoms with van der Waals surface area (Å²) in [5, 5.41) is -0.102. The van der Waals surface area contributed by atoms with E-state index in [2.05, 4.69) is 11.8 Å². The Balaban J connectivity index is 2.21. The summed E-state index contributed by atoms with van der Waals surface area (Å²) >= 11 is 11.7. The van der Waals surface area contributed by atoms with E-state index < -0.39 is 5.24 Å². The maximum absolute atomic E-state index is 11.4. The highest BCUT2D eigenvalue weighted by atomic mass is 35.5. The molecule has 1 aliphatic carbocycles. The molecule has 0 aromatic heterocycles. The Morgan fingerprint density at radius 1 is 1.33 bits per heavy atom. The van der Waals surface area contributed by atoms with E-state index in [0.717, 1.165) is 12.1 Å². The maximum Gasteiger partial charge on any atom is 0.252 e. The lowest BCUT2D eigenvalue weighted by atomic mass is 9.93. The molecule has 116 valence electrons. The van der Waals surface area contributed by atoms with E-state index in [4.69, 9.17) is 28.9 Å². The SMILES string of the molecule is CCN(Cc1cc(C(=O)Cl)cc(Cl)c1N)C1CCCCC1. The molecule has 0 heterocycles. The molecule has 5 heteroatoms. The molecule has 3 nitrogen and oxygen atoms in total. The van der Waals surface area contributed by atoms with Gasteiger partial charge < -0.3 is 5.73 Å². The van der Waals surface area contributed by atoms with Crippen molar-refractivity contribution in [1.29, 1.82) is 0 Å². The average Bonchev–Trinajstić information content (AvgIpc) is 2.49. The number of carbonyl (C=O) groups excluding carboxylic acids is 1. The molecule has 1 aromatic rings. The quantitative estimate of drug-likeness (QED) is 0.641. The highest BCUT2D eigenvalue weighted by Crippen LogP contribution is 2.29. The van der Waals surface area contributed by atoms with Gasteiger partial charge in [-0.05, 0) is 48.7 Å². The number of benzene rings is 1. The molecule has 2 rings (SSSR count). The van der Waals surface area contributed by atoms with Gasteiger partial charge in [-0.3, -0.25) is 9.69 Å². The van der Waals surface area contributed by atoms with Crippen LogP contribution >= 0.6 is 23.2 Å². The van der Waals surface area contributed by atoms with Gasteiger partial charge in [-0.15, -0.1) is 0 Å². The van der Waals surface area contributed by atoms with Crippen molar-refractivity contribution in [1.82, 2.24) is 4.90 Å². The van der Waals surface area contributed by atoms with Gasteiger partial charge in [0.2, 0.25) is 0 Å². The second-order valence-corrected chi connectivity index (χ2v) is 6.41. The van der Waals surface area contributed by atoms with Gasteiger partial charge in [0.05, 0.1) is 10.7 Å². The van der Waals surface area contributed by atoms with E-state index in [1.165, 1.54) is 38.2 Å². The Labute approximate surface area is 136 Å². The first-order valence-corrected chi connectivity index (χ1v) is 8.30. The normalized spacial score (nSPS) is 16.4. The first kappa shape index (κ1) is 16.6. The smallest absolute Gasteiger partial charge is 0.252 e. The highest BCUT2D eigenvalue weighted by Gasteiger charge is 2.21. The van der Waals surface area contributed by atoms with Crippen LogP contribution in [0.2, 0.25) is 5.02 Å². The Morgan fingerprint density at radius 3 is 2.57 bits per heavy atom. The Hall–Kier alpha value is -0.770. The number of nitrogens with two attached hydrogens (primary N) is 1. The van der Waals surface area contributed by atoms with Crippen LogP contribution < -0.4 is 5.73 Å². The van der Waals surface area contributed by atoms with Crippen LogP contribution in [0, 0.1) is 0 Å². The van der Waals surface area contributed by atoms with E-state index in [1.54, 1.807) is 6.07 Å². The van der Waals surface area contributed by atoms with Crippen molar-refractivity contribution in [3.8, 4) is 0 Å². The predicted octanol–water partition coefficient (Wildman–Crippen LogP) is 4.46. The molecule has 1 fully saturated rings. The van der Waals surface area contributed by atoms with E-state index in [0.29, 0.717) is 28.9 Å². The predicted molar refractivity (Wildman–Crippen MR) is 89.0 cm³/mol. The second kappa shape index (κ2) is 7.48. The number of halogens is 2. The summed E-state index contributed by atoms with van der Waals surface area (Å²) in [4.78, 5) is 13.8. The molecule has 0 atom stereocenters. The number of hydrogen-bond acceptors (Lipinski definition) is 3. The molecular weight excluding hydrogens is 307 g/mol. The molecule has 0 amide bonds. The number of carbonyl (C=O) groups is 1. The molecule has 0 bridgehead atoms. The van der Waals surface area contributed by atoms with Crippen LogP contribution in [0.25, 0.3) is 0 Å². The Kier molecular flexibility index (Phi) is 5.91. The van der Waals surface area contributed by atoms with Crippen LogP contribution in [0.3, 0.4) is 0 Å². The number of nitrogen functional groups attached to an aromatic ring is 1. The van der Waals surface area contributed by atoms with E-state index >= 15 is 0 Å². The van der Waals surface area contributed by atoms with Gasteiger partial charge in [-0.25, -0.2) is 0 Å². The van der Waals surface area contributed by atoms with Gasteiger partial charge in [0.15, 0.2) is 0 Å². The molecule has 0 aliphatic heterocycles. The van der Waals surface area contributed by atoms with Crippen molar-refractivity contribution >= 4 is 34.1 Å². The minimum Gasteiger partial charge on any atom is -0.397 e. The fourth-order valence-corrected chi connectivity index (χ4v) is 3.43. The van der Waals surface area contributed by atoms with Gasteiger partial charge in [-0.1, -0.05) is 37.8 Å². The molecule has 2 N–H and O–H groups in total.